The van der Waals surface area contributed by atoms with Gasteiger partial charge in [0.15, 0.2) is 0 Å². The minimum Gasteiger partial charge on any atom is -0.480 e. The highest BCUT2D eigenvalue weighted by Gasteiger charge is 2.18. The molecule has 0 rings (SSSR count). The summed E-state index contributed by atoms with van der Waals surface area (Å²) in [6, 6.07) is -0.934. The minimum absolute atomic E-state index is 0.131. The topological polar surface area (TPSA) is 109 Å². The maximum Gasteiger partial charge on any atom is 0.326 e. The Balaban J connectivity index is 4.00. The van der Waals surface area contributed by atoms with Gasteiger partial charge in [0.05, 0.1) is 0 Å². The van der Waals surface area contributed by atoms with E-state index in [9.17, 15) is 14.4 Å². The molecule has 6 nitrogen and oxygen atoms in total. The summed E-state index contributed by atoms with van der Waals surface area (Å²) in [5.41, 5.74) is 4.91. The van der Waals surface area contributed by atoms with Crippen molar-refractivity contribution in [3.8, 4) is 0 Å². The molecule has 4 N–H and O–H groups in total. The lowest BCUT2D eigenvalue weighted by Crippen LogP contribution is -2.40. The van der Waals surface area contributed by atoms with Gasteiger partial charge in [-0.25, -0.2) is 4.79 Å². The van der Waals surface area contributed by atoms with E-state index in [0.717, 1.165) is 0 Å². The summed E-state index contributed by atoms with van der Waals surface area (Å²) in [7, 11) is 0. The quantitative estimate of drug-likeness (QED) is 0.538. The number of carbonyl (C=O) groups is 3. The van der Waals surface area contributed by atoms with Crippen molar-refractivity contribution < 1.29 is 19.5 Å². The summed E-state index contributed by atoms with van der Waals surface area (Å²) >= 11 is 0. The Kier molecular flexibility index (Phi) is 6.08. The second-order valence-electron chi connectivity index (χ2n) is 3.17. The second kappa shape index (κ2) is 6.80. The Morgan fingerprint density at radius 1 is 1.40 bits per heavy atom. The van der Waals surface area contributed by atoms with E-state index < -0.39 is 17.9 Å². The van der Waals surface area contributed by atoms with Crippen molar-refractivity contribution in [1.29, 1.82) is 0 Å². The summed E-state index contributed by atoms with van der Waals surface area (Å²) in [6.07, 6.45) is 0.936. The molecule has 0 aromatic heterocycles. The Morgan fingerprint density at radius 3 is 2.40 bits per heavy atom. The number of hydrogen-bond donors (Lipinski definition) is 3. The van der Waals surface area contributed by atoms with E-state index in [4.69, 9.17) is 10.8 Å². The van der Waals surface area contributed by atoms with Crippen molar-refractivity contribution in [1.82, 2.24) is 5.32 Å². The molecule has 0 aliphatic rings. The van der Waals surface area contributed by atoms with Gasteiger partial charge in [0.25, 0.3) is 0 Å². The number of carboxylic acids is 1. The number of primary amides is 1. The number of nitrogens with one attached hydrogen (secondary N) is 1. The molecule has 0 fully saturated rings. The van der Waals surface area contributed by atoms with Crippen molar-refractivity contribution in [2.75, 3.05) is 0 Å². The van der Waals surface area contributed by atoms with Crippen LogP contribution in [0.2, 0.25) is 0 Å². The van der Waals surface area contributed by atoms with Crippen LogP contribution in [0.25, 0.3) is 0 Å². The summed E-state index contributed by atoms with van der Waals surface area (Å²) in [6.45, 7) is 1.64. The molecule has 0 spiro atoms. The van der Waals surface area contributed by atoms with Gasteiger partial charge in [0.1, 0.15) is 6.04 Å². The van der Waals surface area contributed by atoms with Crippen LogP contribution < -0.4 is 11.1 Å². The van der Waals surface area contributed by atoms with E-state index in [0.29, 0.717) is 6.42 Å². The fraction of sp³-hybridized carbons (Fsp3) is 0.667. The molecule has 0 radical (unpaired) electrons. The number of carboxylic acid groups (broad SMARTS) is 1. The maximum absolute atomic E-state index is 11.0. The third-order valence-corrected chi connectivity index (χ3v) is 1.87. The Hall–Kier alpha value is -1.59. The summed E-state index contributed by atoms with van der Waals surface area (Å²) in [5, 5.41) is 11.1. The molecular formula is C9H16N2O4. The molecule has 0 saturated carbocycles. The van der Waals surface area contributed by atoms with Crippen LogP contribution in [0.5, 0.6) is 0 Å². The first-order valence-corrected chi connectivity index (χ1v) is 4.77. The maximum atomic E-state index is 11.0. The fourth-order valence-corrected chi connectivity index (χ4v) is 1.03. The first-order valence-electron chi connectivity index (χ1n) is 4.77. The number of rotatable bonds is 7. The fourth-order valence-electron chi connectivity index (χ4n) is 1.03. The lowest BCUT2D eigenvalue weighted by molar-refractivity contribution is -0.142. The Bertz CT molecular complexity index is 252. The molecule has 0 aromatic carbocycles. The largest absolute Gasteiger partial charge is 0.480 e. The summed E-state index contributed by atoms with van der Waals surface area (Å²) < 4.78 is 0. The van der Waals surface area contributed by atoms with E-state index in [1.807, 2.05) is 0 Å². The van der Waals surface area contributed by atoms with Crippen molar-refractivity contribution in [2.24, 2.45) is 5.73 Å². The number of carbonyl (C=O) groups excluding carboxylic acids is 2. The van der Waals surface area contributed by atoms with Crippen LogP contribution in [0.1, 0.15) is 32.6 Å². The Morgan fingerprint density at radius 2 is 2.00 bits per heavy atom. The zero-order valence-corrected chi connectivity index (χ0v) is 8.66. The van der Waals surface area contributed by atoms with Crippen LogP contribution in [0.15, 0.2) is 0 Å². The van der Waals surface area contributed by atoms with Crippen LogP contribution in [0, 0.1) is 0 Å². The standard InChI is InChI=1S/C9H16N2O4/c1-2-8(13)11-6(9(14)15)4-3-5-7(10)12/h6H,2-5H2,1H3,(H2,10,12)(H,11,13)(H,14,15). The average Bonchev–Trinajstić information content (AvgIpc) is 2.15. The van der Waals surface area contributed by atoms with Crippen LogP contribution in [-0.4, -0.2) is 28.9 Å². The molecule has 0 aliphatic carbocycles. The molecule has 0 aromatic rings. The smallest absolute Gasteiger partial charge is 0.326 e. The van der Waals surface area contributed by atoms with Crippen LogP contribution in [0.4, 0.5) is 0 Å². The van der Waals surface area contributed by atoms with Gasteiger partial charge < -0.3 is 16.2 Å². The van der Waals surface area contributed by atoms with E-state index >= 15 is 0 Å². The molecule has 0 heterocycles. The van der Waals surface area contributed by atoms with E-state index in [2.05, 4.69) is 5.32 Å². The summed E-state index contributed by atoms with van der Waals surface area (Å²) in [5.74, 6) is -1.89. The highest BCUT2D eigenvalue weighted by molar-refractivity contribution is 5.83. The van der Waals surface area contributed by atoms with Crippen molar-refractivity contribution in [3.05, 3.63) is 0 Å². The van der Waals surface area contributed by atoms with Crippen LogP contribution in [0.3, 0.4) is 0 Å². The van der Waals surface area contributed by atoms with E-state index in [-0.39, 0.29) is 25.2 Å². The molecule has 1 atom stereocenters. The number of amides is 2. The molecular weight excluding hydrogens is 200 g/mol. The molecule has 86 valence electrons. The first-order chi connectivity index (χ1) is 6.97. The lowest BCUT2D eigenvalue weighted by Gasteiger charge is -2.13. The van der Waals surface area contributed by atoms with Gasteiger partial charge in [-0.1, -0.05) is 6.92 Å². The SMILES string of the molecule is CCC(=O)NC(CCCC(N)=O)C(=O)O. The van der Waals surface area contributed by atoms with Gasteiger partial charge >= 0.3 is 5.97 Å². The van der Waals surface area contributed by atoms with Gasteiger partial charge in [-0.15, -0.1) is 0 Å². The molecule has 2 amide bonds. The third kappa shape index (κ3) is 6.48. The van der Waals surface area contributed by atoms with E-state index in [1.54, 1.807) is 6.92 Å². The predicted octanol–water partition coefficient (Wildman–Crippen LogP) is -0.379. The van der Waals surface area contributed by atoms with E-state index in [1.165, 1.54) is 0 Å². The van der Waals surface area contributed by atoms with Gasteiger partial charge in [-0.3, -0.25) is 9.59 Å². The number of nitrogens with two attached hydrogens (primary N) is 1. The highest BCUT2D eigenvalue weighted by atomic mass is 16.4. The lowest BCUT2D eigenvalue weighted by atomic mass is 10.1. The molecule has 15 heavy (non-hydrogen) atoms. The second-order valence-corrected chi connectivity index (χ2v) is 3.17. The first kappa shape index (κ1) is 13.4. The van der Waals surface area contributed by atoms with Crippen LogP contribution >= 0.6 is 0 Å². The third-order valence-electron chi connectivity index (χ3n) is 1.87. The normalized spacial score (nSPS) is 11.8. The zero-order chi connectivity index (χ0) is 11.8. The zero-order valence-electron chi connectivity index (χ0n) is 8.66. The van der Waals surface area contributed by atoms with Gasteiger partial charge in [0.2, 0.25) is 11.8 Å². The Labute approximate surface area is 87.8 Å². The summed E-state index contributed by atoms with van der Waals surface area (Å²) in [4.78, 5) is 32.1. The monoisotopic (exact) mass is 216 g/mol. The molecule has 0 aliphatic heterocycles. The van der Waals surface area contributed by atoms with Gasteiger partial charge in [-0.2, -0.15) is 0 Å². The molecule has 1 unspecified atom stereocenters. The van der Waals surface area contributed by atoms with Gasteiger partial charge in [0, 0.05) is 12.8 Å². The molecule has 6 heteroatoms. The predicted molar refractivity (Wildman–Crippen MR) is 52.9 cm³/mol. The number of hydrogen-bond acceptors (Lipinski definition) is 3. The van der Waals surface area contributed by atoms with Crippen molar-refractivity contribution in [2.45, 2.75) is 38.6 Å². The van der Waals surface area contributed by atoms with Crippen molar-refractivity contribution in [3.63, 3.8) is 0 Å². The van der Waals surface area contributed by atoms with Gasteiger partial charge in [-0.05, 0) is 12.8 Å². The van der Waals surface area contributed by atoms with Crippen LogP contribution in [-0.2, 0) is 14.4 Å². The van der Waals surface area contributed by atoms with Crippen molar-refractivity contribution >= 4 is 17.8 Å². The minimum atomic E-state index is -1.10. The highest BCUT2D eigenvalue weighted by Crippen LogP contribution is 2.01. The molecule has 0 saturated heterocycles. The average molecular weight is 216 g/mol. The molecule has 0 bridgehead atoms. The number of aliphatic carboxylic acids is 1.